The van der Waals surface area contributed by atoms with Gasteiger partial charge in [-0.2, -0.15) is 0 Å². The van der Waals surface area contributed by atoms with Crippen molar-refractivity contribution in [2.45, 2.75) is 12.8 Å². The van der Waals surface area contributed by atoms with Crippen LogP contribution >= 0.6 is 0 Å². The Kier molecular flexibility index (Phi) is 5.21. The van der Waals surface area contributed by atoms with E-state index in [-0.39, 0.29) is 5.91 Å². The molecule has 0 atom stereocenters. The highest BCUT2D eigenvalue weighted by Crippen LogP contribution is 1.87. The fourth-order valence-corrected chi connectivity index (χ4v) is 0.502. The van der Waals surface area contributed by atoms with Crippen molar-refractivity contribution in [3.05, 3.63) is 0 Å². The third kappa shape index (κ3) is 5.30. The smallest absolute Gasteiger partial charge is 0.219 e. The predicted molar refractivity (Wildman–Crippen MR) is 35.2 cm³/mol. The third-order valence-electron chi connectivity index (χ3n) is 1.03. The second-order valence-corrected chi connectivity index (χ2v) is 1.77. The third-order valence-corrected chi connectivity index (χ3v) is 1.03. The minimum absolute atomic E-state index is 0.0760. The molecule has 1 amide bonds. The number of hydrogen-bond donors (Lipinski definition) is 1. The zero-order valence-electron chi connectivity index (χ0n) is 5.94. The first-order valence-electron chi connectivity index (χ1n) is 3.00. The van der Waals surface area contributed by atoms with Crippen LogP contribution in [0.4, 0.5) is 0 Å². The Bertz CT molecular complexity index is 83.1. The van der Waals surface area contributed by atoms with Gasteiger partial charge >= 0.3 is 0 Å². The lowest BCUT2D eigenvalue weighted by Crippen LogP contribution is -2.17. The van der Waals surface area contributed by atoms with E-state index in [1.807, 2.05) is 0 Å². The summed E-state index contributed by atoms with van der Waals surface area (Å²) >= 11 is 0. The van der Waals surface area contributed by atoms with Crippen LogP contribution < -0.4 is 5.32 Å². The number of nitrogens with one attached hydrogen (secondary N) is 1. The second kappa shape index (κ2) is 5.56. The van der Waals surface area contributed by atoms with Gasteiger partial charge in [0.25, 0.3) is 0 Å². The van der Waals surface area contributed by atoms with Crippen molar-refractivity contribution in [3.63, 3.8) is 0 Å². The molecule has 0 aromatic heterocycles. The first-order valence-corrected chi connectivity index (χ1v) is 3.00. The van der Waals surface area contributed by atoms with E-state index in [4.69, 9.17) is 4.74 Å². The van der Waals surface area contributed by atoms with Crippen LogP contribution in [0.25, 0.3) is 0 Å². The number of methoxy groups -OCH3 is 1. The molecule has 3 nitrogen and oxygen atoms in total. The standard InChI is InChI=1S/C6H13NO2/c1-7-6(8)4-3-5-9-2/h3-5H2,1-2H3,(H,7,8). The van der Waals surface area contributed by atoms with Gasteiger partial charge in [-0.05, 0) is 6.42 Å². The number of ether oxygens (including phenoxy) is 1. The number of carbonyl (C=O) groups excluding carboxylic acids is 1. The van der Waals surface area contributed by atoms with Crippen LogP contribution in [0.5, 0.6) is 0 Å². The first kappa shape index (κ1) is 8.43. The first-order chi connectivity index (χ1) is 4.31. The van der Waals surface area contributed by atoms with Crippen molar-refractivity contribution >= 4 is 5.91 Å². The maximum absolute atomic E-state index is 10.5. The molecule has 0 aliphatic heterocycles. The van der Waals surface area contributed by atoms with Gasteiger partial charge in [0.05, 0.1) is 0 Å². The Morgan fingerprint density at radius 3 is 2.78 bits per heavy atom. The lowest BCUT2D eigenvalue weighted by Gasteiger charge is -1.97. The summed E-state index contributed by atoms with van der Waals surface area (Å²) in [6, 6.07) is 0. The molecule has 0 heterocycles. The van der Waals surface area contributed by atoms with Gasteiger partial charge in [-0.15, -0.1) is 0 Å². The summed E-state index contributed by atoms with van der Waals surface area (Å²) in [6.45, 7) is 0.660. The molecule has 1 N–H and O–H groups in total. The molecule has 0 unspecified atom stereocenters. The van der Waals surface area contributed by atoms with Crippen molar-refractivity contribution in [1.82, 2.24) is 5.32 Å². The van der Waals surface area contributed by atoms with E-state index in [1.165, 1.54) is 0 Å². The quantitative estimate of drug-likeness (QED) is 0.552. The van der Waals surface area contributed by atoms with E-state index in [0.29, 0.717) is 13.0 Å². The Balaban J connectivity index is 2.97. The van der Waals surface area contributed by atoms with Crippen molar-refractivity contribution in [1.29, 1.82) is 0 Å². The topological polar surface area (TPSA) is 38.3 Å². The van der Waals surface area contributed by atoms with E-state index in [0.717, 1.165) is 6.42 Å². The minimum atomic E-state index is 0.0760. The van der Waals surface area contributed by atoms with Crippen LogP contribution in [0, 0.1) is 0 Å². The van der Waals surface area contributed by atoms with E-state index < -0.39 is 0 Å². The zero-order valence-corrected chi connectivity index (χ0v) is 5.94. The summed E-state index contributed by atoms with van der Waals surface area (Å²) in [7, 11) is 3.26. The van der Waals surface area contributed by atoms with Crippen LogP contribution in [0.15, 0.2) is 0 Å². The molecule has 0 aliphatic rings. The fraction of sp³-hybridized carbons (Fsp3) is 0.833. The summed E-state index contributed by atoms with van der Waals surface area (Å²) < 4.78 is 4.76. The molecule has 0 aromatic carbocycles. The summed E-state index contributed by atoms with van der Waals surface area (Å²) in [5.41, 5.74) is 0. The molecule has 9 heavy (non-hydrogen) atoms. The van der Waals surface area contributed by atoms with Crippen LogP contribution in [0.3, 0.4) is 0 Å². The predicted octanol–water partition coefficient (Wildman–Crippen LogP) is 0.159. The minimum Gasteiger partial charge on any atom is -0.385 e. The molecule has 0 rings (SSSR count). The average molecular weight is 131 g/mol. The van der Waals surface area contributed by atoms with Gasteiger partial charge in [0, 0.05) is 27.2 Å². The van der Waals surface area contributed by atoms with E-state index in [1.54, 1.807) is 14.2 Å². The van der Waals surface area contributed by atoms with Gasteiger partial charge in [0.15, 0.2) is 0 Å². The normalized spacial score (nSPS) is 9.11. The van der Waals surface area contributed by atoms with Crippen molar-refractivity contribution in [3.8, 4) is 0 Å². The fourth-order valence-electron chi connectivity index (χ4n) is 0.502. The Hall–Kier alpha value is -0.570. The molecule has 0 spiro atoms. The van der Waals surface area contributed by atoms with Crippen LogP contribution in [0.2, 0.25) is 0 Å². The second-order valence-electron chi connectivity index (χ2n) is 1.77. The molecule has 0 saturated carbocycles. The molecule has 0 radical (unpaired) electrons. The van der Waals surface area contributed by atoms with Gasteiger partial charge in [0.2, 0.25) is 5.91 Å². The highest BCUT2D eigenvalue weighted by Gasteiger charge is 1.94. The molecule has 0 aromatic rings. The molecule has 0 aliphatic carbocycles. The van der Waals surface area contributed by atoms with Gasteiger partial charge in [-0.25, -0.2) is 0 Å². The number of carbonyl (C=O) groups is 1. The van der Waals surface area contributed by atoms with Gasteiger partial charge in [-0.1, -0.05) is 0 Å². The molecule has 54 valence electrons. The summed E-state index contributed by atoms with van der Waals surface area (Å²) in [4.78, 5) is 10.5. The Labute approximate surface area is 55.4 Å². The van der Waals surface area contributed by atoms with Gasteiger partial charge in [0.1, 0.15) is 0 Å². The van der Waals surface area contributed by atoms with E-state index in [9.17, 15) is 4.79 Å². The lowest BCUT2D eigenvalue weighted by atomic mass is 10.3. The average Bonchev–Trinajstić information content (AvgIpc) is 1.89. The highest BCUT2D eigenvalue weighted by atomic mass is 16.5. The van der Waals surface area contributed by atoms with Crippen molar-refractivity contribution in [2.24, 2.45) is 0 Å². The monoisotopic (exact) mass is 131 g/mol. The van der Waals surface area contributed by atoms with Crippen LogP contribution in [-0.2, 0) is 9.53 Å². The van der Waals surface area contributed by atoms with Crippen molar-refractivity contribution in [2.75, 3.05) is 20.8 Å². The van der Waals surface area contributed by atoms with Gasteiger partial charge < -0.3 is 10.1 Å². The van der Waals surface area contributed by atoms with E-state index in [2.05, 4.69) is 5.32 Å². The lowest BCUT2D eigenvalue weighted by molar-refractivity contribution is -0.120. The summed E-state index contributed by atoms with van der Waals surface area (Å²) in [5.74, 6) is 0.0760. The highest BCUT2D eigenvalue weighted by molar-refractivity contribution is 5.75. The van der Waals surface area contributed by atoms with Crippen LogP contribution in [0.1, 0.15) is 12.8 Å². The van der Waals surface area contributed by atoms with Crippen LogP contribution in [-0.4, -0.2) is 26.7 Å². The number of hydrogen-bond acceptors (Lipinski definition) is 2. The van der Waals surface area contributed by atoms with Gasteiger partial charge in [-0.3, -0.25) is 4.79 Å². The molecular formula is C6H13NO2. The summed E-state index contributed by atoms with van der Waals surface area (Å²) in [5, 5.41) is 2.53. The Morgan fingerprint density at radius 2 is 2.33 bits per heavy atom. The maximum atomic E-state index is 10.5. The largest absolute Gasteiger partial charge is 0.385 e. The Morgan fingerprint density at radius 1 is 1.67 bits per heavy atom. The molecular weight excluding hydrogens is 118 g/mol. The molecule has 3 heteroatoms. The van der Waals surface area contributed by atoms with Crippen molar-refractivity contribution < 1.29 is 9.53 Å². The molecule has 0 saturated heterocycles. The molecule has 0 bridgehead atoms. The van der Waals surface area contributed by atoms with E-state index >= 15 is 0 Å². The number of amides is 1. The zero-order chi connectivity index (χ0) is 7.11. The SMILES string of the molecule is CNC(=O)CCCOC. The molecule has 0 fully saturated rings. The summed E-state index contributed by atoms with van der Waals surface area (Å²) in [6.07, 6.45) is 1.36. The number of rotatable bonds is 4. The maximum Gasteiger partial charge on any atom is 0.219 e.